The summed E-state index contributed by atoms with van der Waals surface area (Å²) in [4.78, 5) is 38.1. The molecule has 2 fully saturated rings. The van der Waals surface area contributed by atoms with Crippen LogP contribution >= 0.6 is 59.9 Å². The van der Waals surface area contributed by atoms with Gasteiger partial charge in [-0.2, -0.15) is 0 Å². The Balaban J connectivity index is 0.000000478. The molecule has 4 atom stereocenters. The van der Waals surface area contributed by atoms with E-state index in [2.05, 4.69) is 101 Å². The fourth-order valence-corrected chi connectivity index (χ4v) is 9.51. The average molecular weight is 1030 g/mol. The topological polar surface area (TPSA) is 185 Å². The van der Waals surface area contributed by atoms with Crippen molar-refractivity contribution < 1.29 is 19.1 Å². The molecule has 8 N–H and O–H groups in total. The molecule has 4 aromatic rings. The molecule has 4 unspecified atom stereocenters. The van der Waals surface area contributed by atoms with Crippen molar-refractivity contribution in [3.05, 3.63) is 93.9 Å². The second-order valence-corrected chi connectivity index (χ2v) is 20.7. The summed E-state index contributed by atoms with van der Waals surface area (Å²) in [6.45, 7) is 20.0. The average Bonchev–Trinajstić information content (AvgIpc) is 4.03. The van der Waals surface area contributed by atoms with Gasteiger partial charge in [0.15, 0.2) is 10.3 Å². The second kappa shape index (κ2) is 30.3. The van der Waals surface area contributed by atoms with Crippen LogP contribution in [0.4, 0.5) is 19.9 Å². The lowest BCUT2D eigenvalue weighted by Gasteiger charge is -2.21. The number of nitrogens with two attached hydrogens (primary N) is 2. The molecule has 14 nitrogen and oxygen atoms in total. The quantitative estimate of drug-likeness (QED) is 0.0469. The zero-order chi connectivity index (χ0) is 46.0. The molecule has 2 aromatic heterocycles. The Labute approximate surface area is 426 Å². The molecule has 4 heterocycles. The highest BCUT2D eigenvalue weighted by Gasteiger charge is 2.34. The van der Waals surface area contributed by atoms with Gasteiger partial charge in [0.2, 0.25) is 0 Å². The summed E-state index contributed by atoms with van der Waals surface area (Å²) >= 11 is 2.94. The fourth-order valence-electron chi connectivity index (χ4n) is 8.23. The molecule has 0 radical (unpaired) electrons. The Hall–Kier alpha value is -3.29. The number of anilines is 2. The molecule has 376 valence electrons. The first-order chi connectivity index (χ1) is 30.6. The van der Waals surface area contributed by atoms with E-state index in [-0.39, 0.29) is 43.3 Å². The van der Waals surface area contributed by atoms with E-state index in [1.807, 2.05) is 53.0 Å². The van der Waals surface area contributed by atoms with Crippen LogP contribution in [0.15, 0.2) is 71.4 Å². The normalized spacial score (nSPS) is 18.4. The van der Waals surface area contributed by atoms with Crippen LogP contribution in [0.5, 0.6) is 0 Å². The molecule has 2 amide bonds. The Morgan fingerprint density at radius 2 is 1.15 bits per heavy atom. The minimum absolute atomic E-state index is 0. The summed E-state index contributed by atoms with van der Waals surface area (Å²) in [7, 11) is 0. The third-order valence-electron chi connectivity index (χ3n) is 11.0. The number of benzene rings is 2. The maximum Gasteiger partial charge on any atom is 0.413 e. The van der Waals surface area contributed by atoms with Crippen molar-refractivity contribution in [2.75, 3.05) is 76.5 Å². The molecule has 0 bridgehead atoms. The van der Waals surface area contributed by atoms with E-state index >= 15 is 0 Å². The predicted octanol–water partition coefficient (Wildman–Crippen LogP) is 8.09. The number of aromatic nitrogens is 2. The largest absolute Gasteiger partial charge is 0.444 e. The van der Waals surface area contributed by atoms with Gasteiger partial charge in [-0.25, -0.2) is 19.6 Å². The summed E-state index contributed by atoms with van der Waals surface area (Å²) in [5, 5.41) is 18.5. The molecule has 2 aliphatic heterocycles. The number of amides is 2. The van der Waals surface area contributed by atoms with Gasteiger partial charge in [0.05, 0.1) is 11.4 Å². The highest BCUT2D eigenvalue weighted by Crippen LogP contribution is 2.26. The number of likely N-dealkylation sites (tertiary alicyclic amines) is 2. The number of alkyl carbamates (subject to hydrolysis) is 1. The SMILES string of the molecule is CC(C)(C)OC(=O)NCCN1CC(Cc2csc(NC(=O)OC(C)(C)C)n2)C(NCCCc2ccccc2)C1.Cl.Cl.Cl.NCCN1CC(Cc2csc(N)n2)C(NCCCc2ccccc2)C1. The van der Waals surface area contributed by atoms with Gasteiger partial charge in [0.1, 0.15) is 11.2 Å². The van der Waals surface area contributed by atoms with E-state index in [0.29, 0.717) is 40.7 Å². The van der Waals surface area contributed by atoms with Gasteiger partial charge < -0.3 is 41.8 Å². The number of hydrogen-bond donors (Lipinski definition) is 6. The van der Waals surface area contributed by atoms with Crippen LogP contribution in [0.1, 0.15) is 76.9 Å². The van der Waals surface area contributed by atoms with E-state index in [1.165, 1.54) is 33.8 Å². The first-order valence-electron chi connectivity index (χ1n) is 22.9. The lowest BCUT2D eigenvalue weighted by molar-refractivity contribution is 0.0522. The van der Waals surface area contributed by atoms with Gasteiger partial charge in [0.25, 0.3) is 0 Å². The van der Waals surface area contributed by atoms with Crippen molar-refractivity contribution >= 4 is 82.3 Å². The number of hydrogen-bond acceptors (Lipinski definition) is 14. The molecule has 19 heteroatoms. The van der Waals surface area contributed by atoms with Crippen molar-refractivity contribution in [2.24, 2.45) is 17.6 Å². The van der Waals surface area contributed by atoms with Gasteiger partial charge >= 0.3 is 12.2 Å². The summed E-state index contributed by atoms with van der Waals surface area (Å²) in [5.74, 6) is 0.935. The van der Waals surface area contributed by atoms with Crippen LogP contribution < -0.4 is 32.7 Å². The molecule has 2 saturated heterocycles. The van der Waals surface area contributed by atoms with Crippen molar-refractivity contribution in [2.45, 2.75) is 103 Å². The molecular weight excluding hydrogens is 951 g/mol. The molecule has 67 heavy (non-hydrogen) atoms. The van der Waals surface area contributed by atoms with Gasteiger partial charge in [-0.15, -0.1) is 59.9 Å². The van der Waals surface area contributed by atoms with E-state index in [0.717, 1.165) is 109 Å². The van der Waals surface area contributed by atoms with Crippen LogP contribution in [0.25, 0.3) is 0 Å². The summed E-state index contributed by atoms with van der Waals surface area (Å²) in [6.07, 6.45) is 5.31. The lowest BCUT2D eigenvalue weighted by atomic mass is 9.98. The van der Waals surface area contributed by atoms with Gasteiger partial charge in [-0.1, -0.05) is 60.7 Å². The van der Waals surface area contributed by atoms with E-state index in [4.69, 9.17) is 20.9 Å². The van der Waals surface area contributed by atoms with Crippen molar-refractivity contribution in [1.29, 1.82) is 0 Å². The van der Waals surface area contributed by atoms with Crippen LogP contribution in [-0.2, 0) is 35.2 Å². The zero-order valence-electron chi connectivity index (χ0n) is 40.2. The van der Waals surface area contributed by atoms with E-state index in [9.17, 15) is 9.59 Å². The van der Waals surface area contributed by atoms with Crippen LogP contribution in [0, 0.1) is 11.8 Å². The fraction of sp³-hybridized carbons (Fsp3) is 0.583. The summed E-state index contributed by atoms with van der Waals surface area (Å²) in [5.41, 5.74) is 15.3. The monoisotopic (exact) mass is 1030 g/mol. The number of carbonyl (C=O) groups excluding carboxylic acids is 2. The Kier molecular flexibility index (Phi) is 27.1. The minimum Gasteiger partial charge on any atom is -0.444 e. The number of carbonyl (C=O) groups is 2. The summed E-state index contributed by atoms with van der Waals surface area (Å²) in [6, 6.07) is 22.1. The third-order valence-corrected chi connectivity index (χ3v) is 12.6. The maximum absolute atomic E-state index is 12.1. The van der Waals surface area contributed by atoms with Crippen LogP contribution in [0.2, 0.25) is 0 Å². The molecule has 0 saturated carbocycles. The van der Waals surface area contributed by atoms with Gasteiger partial charge in [-0.05, 0) is 116 Å². The Bertz CT molecular complexity index is 1970. The van der Waals surface area contributed by atoms with Crippen LogP contribution in [-0.4, -0.2) is 121 Å². The van der Waals surface area contributed by atoms with Crippen LogP contribution in [0.3, 0.4) is 0 Å². The van der Waals surface area contributed by atoms with E-state index in [1.54, 1.807) is 0 Å². The number of nitrogens with one attached hydrogen (secondary N) is 4. The number of aryl methyl sites for hydroxylation is 2. The second-order valence-electron chi connectivity index (χ2n) is 18.9. The van der Waals surface area contributed by atoms with Gasteiger partial charge in [-0.3, -0.25) is 10.2 Å². The highest BCUT2D eigenvalue weighted by atomic mass is 35.5. The number of ether oxygens (including phenoxy) is 2. The molecular formula is C48H77Cl3N10O4S2. The third kappa shape index (κ3) is 23.2. The first kappa shape index (κ1) is 59.8. The molecule has 0 spiro atoms. The Morgan fingerprint density at radius 3 is 1.63 bits per heavy atom. The first-order valence-corrected chi connectivity index (χ1v) is 24.7. The standard InChI is InChI=1S/C29H45N5O4S.C19H29N5S.3ClH/c1-28(2,3)37-26(35)31-15-16-34-18-22(24(19-34)30-14-10-13-21-11-8-7-9-12-21)17-23-20-39-25(32-23)33-27(36)38-29(4,5)6;20-8-10-24-12-16(11-17-14-25-19(21)23-17)18(13-24)22-9-4-7-15-5-2-1-3-6-15;;;/h7-9,11-12,20,22,24,30H,10,13-19H2,1-6H3,(H,31,35)(H,32,33,36);1-3,5-6,14,16,18,22H,4,7-13,20H2,(H2,21,23);3*1H. The van der Waals surface area contributed by atoms with E-state index < -0.39 is 17.3 Å². The highest BCUT2D eigenvalue weighted by molar-refractivity contribution is 7.14. The zero-order valence-corrected chi connectivity index (χ0v) is 44.3. The Morgan fingerprint density at radius 1 is 0.672 bits per heavy atom. The smallest absolute Gasteiger partial charge is 0.413 e. The predicted molar refractivity (Wildman–Crippen MR) is 284 cm³/mol. The van der Waals surface area contributed by atoms with Crippen molar-refractivity contribution in [3.8, 4) is 0 Å². The molecule has 2 aliphatic rings. The van der Waals surface area contributed by atoms with Crippen molar-refractivity contribution in [3.63, 3.8) is 0 Å². The number of halogens is 3. The molecule has 2 aromatic carbocycles. The summed E-state index contributed by atoms with van der Waals surface area (Å²) < 4.78 is 10.7. The maximum atomic E-state index is 12.1. The number of rotatable bonds is 20. The van der Waals surface area contributed by atoms with Crippen molar-refractivity contribution in [1.82, 2.24) is 35.7 Å². The molecule has 0 aliphatic carbocycles. The lowest BCUT2D eigenvalue weighted by Crippen LogP contribution is -2.39. The number of nitrogens with zero attached hydrogens (tertiary/aromatic N) is 4. The number of thiazole rings is 2. The van der Waals surface area contributed by atoms with Gasteiger partial charge in [0, 0.05) is 75.2 Å². The minimum atomic E-state index is -0.560. The number of nitrogen functional groups attached to an aromatic ring is 1. The molecule has 6 rings (SSSR count).